The number of allylic oxidation sites excluding steroid dienone is 3. The molecule has 0 aliphatic carbocycles. The fourth-order valence-corrected chi connectivity index (χ4v) is 3.48. The Morgan fingerprint density at radius 1 is 1.35 bits per heavy atom. The lowest BCUT2D eigenvalue weighted by Gasteiger charge is -2.21. The fourth-order valence-electron chi connectivity index (χ4n) is 2.96. The summed E-state index contributed by atoms with van der Waals surface area (Å²) in [6, 6.07) is 4.56. The smallest absolute Gasteiger partial charge is 0.258 e. The average Bonchev–Trinajstić information content (AvgIpc) is 2.61. The van der Waals surface area contributed by atoms with E-state index in [2.05, 4.69) is 11.9 Å². The SMILES string of the molecule is C=C/C(SC)=C(\C=C/C)NC(C)c1cc(F)cc2c(=O)n(C)c(C)cc12. The van der Waals surface area contributed by atoms with Crippen LogP contribution in [0, 0.1) is 12.7 Å². The van der Waals surface area contributed by atoms with Crippen molar-refractivity contribution in [3.8, 4) is 0 Å². The van der Waals surface area contributed by atoms with Crippen LogP contribution in [-0.4, -0.2) is 10.8 Å². The highest BCUT2D eigenvalue weighted by atomic mass is 32.2. The third kappa shape index (κ3) is 3.93. The van der Waals surface area contributed by atoms with Gasteiger partial charge in [-0.2, -0.15) is 0 Å². The number of hydrogen-bond acceptors (Lipinski definition) is 3. The standard InChI is InChI=1S/C21H25FN2OS/c1-7-9-19(20(8-2)26-6)23-14(4)16-11-15(22)12-18-17(16)10-13(3)24(5)21(18)25/h7-12,14,23H,2H2,1,3-6H3/b9-7-,20-19-. The largest absolute Gasteiger partial charge is 0.378 e. The number of aryl methyl sites for hydroxylation is 1. The van der Waals surface area contributed by atoms with Crippen molar-refractivity contribution in [3.63, 3.8) is 0 Å². The molecule has 0 radical (unpaired) electrons. The van der Waals surface area contributed by atoms with Crippen LogP contribution in [0.25, 0.3) is 10.8 Å². The zero-order valence-corrected chi connectivity index (χ0v) is 16.7. The molecule has 26 heavy (non-hydrogen) atoms. The molecule has 0 spiro atoms. The molecule has 2 aromatic rings. The number of halogens is 1. The first-order valence-corrected chi connectivity index (χ1v) is 9.66. The second-order valence-electron chi connectivity index (χ2n) is 6.16. The molecule has 1 N–H and O–H groups in total. The van der Waals surface area contributed by atoms with Crippen molar-refractivity contribution >= 4 is 22.5 Å². The maximum Gasteiger partial charge on any atom is 0.258 e. The van der Waals surface area contributed by atoms with Gasteiger partial charge >= 0.3 is 0 Å². The fraction of sp³-hybridized carbons (Fsp3) is 0.286. The van der Waals surface area contributed by atoms with Crippen LogP contribution in [-0.2, 0) is 7.05 Å². The number of rotatable bonds is 6. The molecule has 0 amide bonds. The average molecular weight is 373 g/mol. The molecule has 0 aliphatic heterocycles. The summed E-state index contributed by atoms with van der Waals surface area (Å²) < 4.78 is 15.8. The molecular weight excluding hydrogens is 347 g/mol. The summed E-state index contributed by atoms with van der Waals surface area (Å²) in [6.07, 6.45) is 7.69. The number of nitrogens with zero attached hydrogens (tertiary/aromatic N) is 1. The van der Waals surface area contributed by atoms with E-state index < -0.39 is 5.82 Å². The van der Waals surface area contributed by atoms with E-state index in [1.54, 1.807) is 29.5 Å². The van der Waals surface area contributed by atoms with Gasteiger partial charge in [0.05, 0.1) is 5.39 Å². The Morgan fingerprint density at radius 2 is 2.04 bits per heavy atom. The van der Waals surface area contributed by atoms with Gasteiger partial charge in [-0.1, -0.05) is 18.7 Å². The van der Waals surface area contributed by atoms with Gasteiger partial charge < -0.3 is 9.88 Å². The molecule has 1 aromatic carbocycles. The second kappa shape index (κ2) is 8.41. The highest BCUT2D eigenvalue weighted by Crippen LogP contribution is 2.27. The summed E-state index contributed by atoms with van der Waals surface area (Å²) in [7, 11) is 1.70. The predicted octanol–water partition coefficient (Wildman–Crippen LogP) is 4.97. The molecule has 0 saturated heterocycles. The first-order valence-electron chi connectivity index (χ1n) is 8.43. The summed E-state index contributed by atoms with van der Waals surface area (Å²) in [5.41, 5.74) is 2.32. The highest BCUT2D eigenvalue weighted by molar-refractivity contribution is 8.02. The molecule has 2 rings (SSSR count). The number of nitrogens with one attached hydrogen (secondary N) is 1. The summed E-state index contributed by atoms with van der Waals surface area (Å²) in [5.74, 6) is -0.410. The Morgan fingerprint density at radius 3 is 2.62 bits per heavy atom. The summed E-state index contributed by atoms with van der Waals surface area (Å²) in [6.45, 7) is 9.64. The normalized spacial score (nSPS) is 13.8. The first-order chi connectivity index (χ1) is 12.3. The van der Waals surface area contributed by atoms with Gasteiger partial charge in [0.15, 0.2) is 0 Å². The minimum absolute atomic E-state index is 0.187. The van der Waals surface area contributed by atoms with Crippen molar-refractivity contribution < 1.29 is 4.39 Å². The molecule has 1 heterocycles. The monoisotopic (exact) mass is 372 g/mol. The Balaban J connectivity index is 2.64. The van der Waals surface area contributed by atoms with Crippen LogP contribution in [0.15, 0.2) is 58.4 Å². The van der Waals surface area contributed by atoms with Gasteiger partial charge in [0.25, 0.3) is 5.56 Å². The maximum absolute atomic E-state index is 14.2. The zero-order chi connectivity index (χ0) is 19.4. The van der Waals surface area contributed by atoms with E-state index in [-0.39, 0.29) is 11.6 Å². The van der Waals surface area contributed by atoms with Crippen molar-refractivity contribution in [2.75, 3.05) is 6.26 Å². The van der Waals surface area contributed by atoms with Crippen molar-refractivity contribution in [2.24, 2.45) is 7.05 Å². The summed E-state index contributed by atoms with van der Waals surface area (Å²) in [4.78, 5) is 13.5. The third-order valence-electron chi connectivity index (χ3n) is 4.44. The molecular formula is C21H25FN2OS. The Labute approximate surface area is 158 Å². The molecule has 0 bridgehead atoms. The van der Waals surface area contributed by atoms with Crippen molar-refractivity contribution in [2.45, 2.75) is 26.8 Å². The topological polar surface area (TPSA) is 34.0 Å². The molecule has 0 aliphatic rings. The van der Waals surface area contributed by atoms with E-state index in [0.717, 1.165) is 27.2 Å². The van der Waals surface area contributed by atoms with Crippen LogP contribution >= 0.6 is 11.8 Å². The van der Waals surface area contributed by atoms with Crippen LogP contribution in [0.5, 0.6) is 0 Å². The van der Waals surface area contributed by atoms with E-state index in [1.165, 1.54) is 12.1 Å². The molecule has 1 aromatic heterocycles. The van der Waals surface area contributed by atoms with Crippen LogP contribution in [0.1, 0.15) is 31.1 Å². The maximum atomic E-state index is 14.2. The van der Waals surface area contributed by atoms with Gasteiger partial charge in [0, 0.05) is 29.4 Å². The zero-order valence-electron chi connectivity index (χ0n) is 15.9. The lowest BCUT2D eigenvalue weighted by Crippen LogP contribution is -2.22. The minimum atomic E-state index is -0.410. The Kier molecular flexibility index (Phi) is 6.48. The van der Waals surface area contributed by atoms with E-state index in [9.17, 15) is 9.18 Å². The minimum Gasteiger partial charge on any atom is -0.378 e. The Hall–Kier alpha value is -2.27. The van der Waals surface area contributed by atoms with E-state index in [1.807, 2.05) is 45.2 Å². The highest BCUT2D eigenvalue weighted by Gasteiger charge is 2.16. The molecule has 3 nitrogen and oxygen atoms in total. The number of pyridine rings is 1. The van der Waals surface area contributed by atoms with Crippen molar-refractivity contribution in [1.29, 1.82) is 0 Å². The quantitative estimate of drug-likeness (QED) is 0.727. The molecule has 1 unspecified atom stereocenters. The van der Waals surface area contributed by atoms with Crippen LogP contribution in [0.4, 0.5) is 4.39 Å². The summed E-state index contributed by atoms with van der Waals surface area (Å²) >= 11 is 1.59. The number of thioether (sulfide) groups is 1. The van der Waals surface area contributed by atoms with E-state index >= 15 is 0 Å². The van der Waals surface area contributed by atoms with E-state index in [0.29, 0.717) is 5.39 Å². The second-order valence-corrected chi connectivity index (χ2v) is 7.01. The van der Waals surface area contributed by atoms with Gasteiger partial charge in [-0.15, -0.1) is 11.8 Å². The van der Waals surface area contributed by atoms with Crippen molar-refractivity contribution in [3.05, 3.63) is 81.0 Å². The molecule has 0 saturated carbocycles. The predicted molar refractivity (Wildman–Crippen MR) is 111 cm³/mol. The van der Waals surface area contributed by atoms with Gasteiger partial charge in [0.1, 0.15) is 5.82 Å². The molecule has 0 fully saturated rings. The number of fused-ring (bicyclic) bond motifs is 1. The number of hydrogen-bond donors (Lipinski definition) is 1. The third-order valence-corrected chi connectivity index (χ3v) is 5.26. The van der Waals surface area contributed by atoms with Crippen LogP contribution in [0.2, 0.25) is 0 Å². The van der Waals surface area contributed by atoms with Crippen molar-refractivity contribution in [1.82, 2.24) is 9.88 Å². The van der Waals surface area contributed by atoms with Gasteiger partial charge in [-0.3, -0.25) is 4.79 Å². The van der Waals surface area contributed by atoms with Gasteiger partial charge in [-0.25, -0.2) is 4.39 Å². The van der Waals surface area contributed by atoms with Gasteiger partial charge in [0.2, 0.25) is 0 Å². The van der Waals surface area contributed by atoms with E-state index in [4.69, 9.17) is 0 Å². The molecule has 138 valence electrons. The molecule has 5 heteroatoms. The van der Waals surface area contributed by atoms with Gasteiger partial charge in [-0.05, 0) is 62.3 Å². The Bertz CT molecular complexity index is 957. The van der Waals surface area contributed by atoms with Crippen LogP contribution < -0.4 is 10.9 Å². The van der Waals surface area contributed by atoms with Crippen LogP contribution in [0.3, 0.4) is 0 Å². The first kappa shape index (κ1) is 20.0. The number of benzene rings is 1. The number of aromatic nitrogens is 1. The summed E-state index contributed by atoms with van der Waals surface area (Å²) in [5, 5.41) is 4.60. The lowest BCUT2D eigenvalue weighted by atomic mass is 9.99. The molecule has 1 atom stereocenters. The lowest BCUT2D eigenvalue weighted by molar-refractivity contribution is 0.615.